The Morgan fingerprint density at radius 3 is 2.17 bits per heavy atom. The molecule has 0 aromatic carbocycles. The third-order valence-electron chi connectivity index (χ3n) is 1.52. The summed E-state index contributed by atoms with van der Waals surface area (Å²) >= 11 is 0. The molecule has 0 aliphatic carbocycles. The molecule has 2 nitrogen and oxygen atoms in total. The normalized spacial score (nSPS) is 11.9. The van der Waals surface area contributed by atoms with E-state index >= 15 is 0 Å². The molecule has 68 valence electrons. The maximum absolute atomic E-state index is 11.1. The Bertz CT molecular complexity index is 204. The van der Waals surface area contributed by atoms with E-state index in [0.29, 0.717) is 5.57 Å². The molecule has 0 amide bonds. The standard InChI is InChI=1S/C10H16O2/c1-6-9(7(2)3)12-10(11)8(4)5/h9H,2,4,6H2,1,3,5H3. The highest BCUT2D eigenvalue weighted by atomic mass is 16.5. The fourth-order valence-corrected chi connectivity index (χ4v) is 0.762. The van der Waals surface area contributed by atoms with Gasteiger partial charge >= 0.3 is 5.97 Å². The van der Waals surface area contributed by atoms with Gasteiger partial charge in [-0.15, -0.1) is 0 Å². The molecular weight excluding hydrogens is 152 g/mol. The summed E-state index contributed by atoms with van der Waals surface area (Å²) in [6, 6.07) is 0. The SMILES string of the molecule is C=C(C)C(=O)OC(CC)C(=C)C. The lowest BCUT2D eigenvalue weighted by Crippen LogP contribution is -2.18. The number of hydrogen-bond donors (Lipinski definition) is 0. The molecule has 0 bridgehead atoms. The van der Waals surface area contributed by atoms with E-state index < -0.39 is 0 Å². The molecular formula is C10H16O2. The zero-order chi connectivity index (χ0) is 9.72. The molecule has 1 atom stereocenters. The van der Waals surface area contributed by atoms with Crippen LogP contribution in [0.5, 0.6) is 0 Å². The van der Waals surface area contributed by atoms with Crippen LogP contribution < -0.4 is 0 Å². The zero-order valence-electron chi connectivity index (χ0n) is 8.02. The minimum Gasteiger partial charge on any atom is -0.455 e. The van der Waals surface area contributed by atoms with Gasteiger partial charge in [-0.05, 0) is 25.8 Å². The maximum Gasteiger partial charge on any atom is 0.333 e. The number of carbonyl (C=O) groups excluding carboxylic acids is 1. The maximum atomic E-state index is 11.1. The highest BCUT2D eigenvalue weighted by molar-refractivity contribution is 5.87. The summed E-state index contributed by atoms with van der Waals surface area (Å²) in [5.41, 5.74) is 1.29. The number of hydrogen-bond acceptors (Lipinski definition) is 2. The van der Waals surface area contributed by atoms with Gasteiger partial charge in [-0.2, -0.15) is 0 Å². The Labute approximate surface area is 73.9 Å². The van der Waals surface area contributed by atoms with Gasteiger partial charge in [0.1, 0.15) is 6.10 Å². The van der Waals surface area contributed by atoms with Crippen LogP contribution in [0.4, 0.5) is 0 Å². The zero-order valence-corrected chi connectivity index (χ0v) is 8.02. The molecule has 1 unspecified atom stereocenters. The van der Waals surface area contributed by atoms with E-state index in [1.54, 1.807) is 6.92 Å². The first-order chi connectivity index (χ1) is 5.49. The summed E-state index contributed by atoms with van der Waals surface area (Å²) in [6.45, 7) is 12.7. The van der Waals surface area contributed by atoms with Gasteiger partial charge in [-0.3, -0.25) is 0 Å². The summed E-state index contributed by atoms with van der Waals surface area (Å²) in [7, 11) is 0. The van der Waals surface area contributed by atoms with Gasteiger partial charge in [0.15, 0.2) is 0 Å². The van der Waals surface area contributed by atoms with Crippen molar-refractivity contribution in [2.75, 3.05) is 0 Å². The first kappa shape index (κ1) is 11.0. The van der Waals surface area contributed by atoms with Crippen LogP contribution in [0, 0.1) is 0 Å². The van der Waals surface area contributed by atoms with Gasteiger partial charge in [0.05, 0.1) is 0 Å². The molecule has 0 radical (unpaired) electrons. The second-order valence-electron chi connectivity index (χ2n) is 2.93. The van der Waals surface area contributed by atoms with Crippen LogP contribution in [0.3, 0.4) is 0 Å². The number of carbonyl (C=O) groups is 1. The van der Waals surface area contributed by atoms with Crippen molar-refractivity contribution >= 4 is 5.97 Å². The van der Waals surface area contributed by atoms with Crippen molar-refractivity contribution < 1.29 is 9.53 Å². The Balaban J connectivity index is 4.12. The average Bonchev–Trinajstić information content (AvgIpc) is 1.98. The first-order valence-corrected chi connectivity index (χ1v) is 4.01. The fourth-order valence-electron chi connectivity index (χ4n) is 0.762. The smallest absolute Gasteiger partial charge is 0.333 e. The molecule has 0 aromatic rings. The van der Waals surface area contributed by atoms with E-state index in [4.69, 9.17) is 4.74 Å². The minimum absolute atomic E-state index is 0.172. The summed E-state index contributed by atoms with van der Waals surface area (Å²) in [6.07, 6.45) is 0.586. The molecule has 0 N–H and O–H groups in total. The largest absolute Gasteiger partial charge is 0.455 e. The van der Waals surface area contributed by atoms with Crippen LogP contribution in [0.25, 0.3) is 0 Å². The summed E-state index contributed by atoms with van der Waals surface area (Å²) in [4.78, 5) is 11.1. The van der Waals surface area contributed by atoms with Crippen LogP contribution in [-0.2, 0) is 9.53 Å². The highest BCUT2D eigenvalue weighted by Crippen LogP contribution is 2.09. The molecule has 0 fully saturated rings. The quantitative estimate of drug-likeness (QED) is 0.366. The van der Waals surface area contributed by atoms with Crippen molar-refractivity contribution in [3.63, 3.8) is 0 Å². The van der Waals surface area contributed by atoms with Gasteiger partial charge in [-0.1, -0.05) is 20.1 Å². The lowest BCUT2D eigenvalue weighted by molar-refractivity contribution is -0.142. The molecule has 0 saturated carbocycles. The average molecular weight is 168 g/mol. The predicted octanol–water partition coefficient (Wildman–Crippen LogP) is 2.46. The second kappa shape index (κ2) is 4.75. The first-order valence-electron chi connectivity index (χ1n) is 4.01. The fraction of sp³-hybridized carbons (Fsp3) is 0.500. The van der Waals surface area contributed by atoms with E-state index in [1.807, 2.05) is 13.8 Å². The number of esters is 1. The molecule has 0 rings (SSSR count). The van der Waals surface area contributed by atoms with E-state index in [9.17, 15) is 4.79 Å². The number of ether oxygens (including phenoxy) is 1. The van der Waals surface area contributed by atoms with E-state index in [1.165, 1.54) is 0 Å². The topological polar surface area (TPSA) is 26.3 Å². The molecule has 12 heavy (non-hydrogen) atoms. The minimum atomic E-state index is -0.343. The monoisotopic (exact) mass is 168 g/mol. The number of rotatable bonds is 4. The summed E-state index contributed by atoms with van der Waals surface area (Å²) in [5.74, 6) is -0.343. The Kier molecular flexibility index (Phi) is 4.34. The molecule has 0 aliphatic heterocycles. The van der Waals surface area contributed by atoms with Crippen LogP contribution >= 0.6 is 0 Å². The lowest BCUT2D eigenvalue weighted by atomic mass is 10.1. The second-order valence-corrected chi connectivity index (χ2v) is 2.93. The highest BCUT2D eigenvalue weighted by Gasteiger charge is 2.12. The third kappa shape index (κ3) is 3.37. The van der Waals surface area contributed by atoms with Crippen molar-refractivity contribution in [3.8, 4) is 0 Å². The van der Waals surface area contributed by atoms with E-state index in [-0.39, 0.29) is 12.1 Å². The van der Waals surface area contributed by atoms with Crippen molar-refractivity contribution in [3.05, 3.63) is 24.3 Å². The van der Waals surface area contributed by atoms with Gasteiger partial charge in [0.2, 0.25) is 0 Å². The predicted molar refractivity (Wildman–Crippen MR) is 49.8 cm³/mol. The van der Waals surface area contributed by atoms with Crippen molar-refractivity contribution in [1.82, 2.24) is 0 Å². The van der Waals surface area contributed by atoms with Gasteiger partial charge in [0, 0.05) is 5.57 Å². The Morgan fingerprint density at radius 1 is 1.42 bits per heavy atom. The molecule has 0 aliphatic rings. The van der Waals surface area contributed by atoms with Crippen molar-refractivity contribution in [2.45, 2.75) is 33.3 Å². The van der Waals surface area contributed by atoms with Gasteiger partial charge in [0.25, 0.3) is 0 Å². The van der Waals surface area contributed by atoms with E-state index in [2.05, 4.69) is 13.2 Å². The molecule has 0 aromatic heterocycles. The summed E-state index contributed by atoms with van der Waals surface area (Å²) < 4.78 is 5.08. The Morgan fingerprint density at radius 2 is 1.92 bits per heavy atom. The van der Waals surface area contributed by atoms with Crippen LogP contribution in [0.2, 0.25) is 0 Å². The van der Waals surface area contributed by atoms with Gasteiger partial charge in [-0.25, -0.2) is 4.79 Å². The third-order valence-corrected chi connectivity index (χ3v) is 1.52. The van der Waals surface area contributed by atoms with Crippen molar-refractivity contribution in [1.29, 1.82) is 0 Å². The van der Waals surface area contributed by atoms with Crippen LogP contribution in [-0.4, -0.2) is 12.1 Å². The van der Waals surface area contributed by atoms with E-state index in [0.717, 1.165) is 12.0 Å². The van der Waals surface area contributed by atoms with Gasteiger partial charge < -0.3 is 4.74 Å². The lowest BCUT2D eigenvalue weighted by Gasteiger charge is -2.15. The molecule has 0 spiro atoms. The van der Waals surface area contributed by atoms with Crippen LogP contribution in [0.1, 0.15) is 27.2 Å². The molecule has 2 heteroatoms. The Hall–Kier alpha value is -1.05. The molecule has 0 saturated heterocycles. The van der Waals surface area contributed by atoms with Crippen molar-refractivity contribution in [2.24, 2.45) is 0 Å². The molecule has 0 heterocycles. The van der Waals surface area contributed by atoms with Crippen LogP contribution in [0.15, 0.2) is 24.3 Å². The summed E-state index contributed by atoms with van der Waals surface area (Å²) in [5, 5.41) is 0.